The minimum Gasteiger partial charge on any atom is -0.284 e. The van der Waals surface area contributed by atoms with Gasteiger partial charge in [0.15, 0.2) is 9.84 Å². The van der Waals surface area contributed by atoms with Gasteiger partial charge in [-0.05, 0) is 31.4 Å². The van der Waals surface area contributed by atoms with Crippen LogP contribution in [0.3, 0.4) is 0 Å². The molecule has 0 spiro atoms. The van der Waals surface area contributed by atoms with Crippen LogP contribution in [0.2, 0.25) is 0 Å². The summed E-state index contributed by atoms with van der Waals surface area (Å²) in [5, 5.41) is 4.38. The minimum atomic E-state index is -3.02. The summed E-state index contributed by atoms with van der Waals surface area (Å²) in [7, 11) is -3.02. The molecule has 0 N–H and O–H groups in total. The van der Waals surface area contributed by atoms with Gasteiger partial charge in [-0.2, -0.15) is 10.1 Å². The maximum atomic E-state index is 12.4. The Morgan fingerprint density at radius 2 is 2.00 bits per heavy atom. The van der Waals surface area contributed by atoms with Crippen molar-refractivity contribution < 1.29 is 8.42 Å². The number of hydrogen-bond acceptors (Lipinski definition) is 5. The molecule has 7 nitrogen and oxygen atoms in total. The molecule has 3 aromatic rings. The monoisotopic (exact) mass is 372 g/mol. The van der Waals surface area contributed by atoms with E-state index in [-0.39, 0.29) is 23.2 Å². The van der Waals surface area contributed by atoms with Crippen LogP contribution in [0.25, 0.3) is 11.0 Å². The first-order valence-electron chi connectivity index (χ1n) is 8.54. The summed E-state index contributed by atoms with van der Waals surface area (Å²) < 4.78 is 26.9. The number of rotatable bonds is 3. The molecular weight excluding hydrogens is 352 g/mol. The topological polar surface area (TPSA) is 86.8 Å². The van der Waals surface area contributed by atoms with Gasteiger partial charge in [0.1, 0.15) is 5.52 Å². The highest BCUT2D eigenvalue weighted by Gasteiger charge is 2.30. The fraction of sp³-hybridized carbons (Fsp3) is 0.389. The number of aromatic nitrogens is 4. The third-order valence-electron chi connectivity index (χ3n) is 5.02. The molecule has 1 unspecified atom stereocenters. The van der Waals surface area contributed by atoms with Crippen LogP contribution in [0.4, 0.5) is 0 Å². The van der Waals surface area contributed by atoms with Crippen LogP contribution in [0.5, 0.6) is 0 Å². The fourth-order valence-electron chi connectivity index (χ4n) is 3.54. The number of sulfone groups is 1. The predicted molar refractivity (Wildman–Crippen MR) is 99.1 cm³/mol. The first-order chi connectivity index (χ1) is 12.3. The number of aryl methyl sites for hydroxylation is 2. The summed E-state index contributed by atoms with van der Waals surface area (Å²) in [6.07, 6.45) is 3.67. The summed E-state index contributed by atoms with van der Waals surface area (Å²) >= 11 is 0. The molecule has 1 fully saturated rings. The second-order valence-corrected chi connectivity index (χ2v) is 9.20. The van der Waals surface area contributed by atoms with Crippen molar-refractivity contribution in [1.82, 2.24) is 19.3 Å². The largest absolute Gasteiger partial charge is 0.348 e. The molecule has 26 heavy (non-hydrogen) atoms. The average Bonchev–Trinajstić information content (AvgIpc) is 3.16. The molecule has 2 aromatic heterocycles. The summed E-state index contributed by atoms with van der Waals surface area (Å²) in [6, 6.07) is 5.94. The van der Waals surface area contributed by atoms with Gasteiger partial charge >= 0.3 is 5.69 Å². The third kappa shape index (κ3) is 2.94. The van der Waals surface area contributed by atoms with Gasteiger partial charge < -0.3 is 0 Å². The molecule has 1 aliphatic rings. The summed E-state index contributed by atoms with van der Waals surface area (Å²) in [6.45, 7) is 4.44. The zero-order valence-corrected chi connectivity index (χ0v) is 15.5. The Kier molecular flexibility index (Phi) is 3.95. The number of fused-ring (bicyclic) bond motifs is 1. The number of nitrogens with zero attached hydrogens (tertiary/aromatic N) is 4. The van der Waals surface area contributed by atoms with Crippen molar-refractivity contribution in [2.24, 2.45) is 0 Å². The smallest absolute Gasteiger partial charge is 0.284 e. The van der Waals surface area contributed by atoms with Crippen LogP contribution in [0, 0.1) is 13.8 Å². The molecule has 0 bridgehead atoms. The van der Waals surface area contributed by atoms with Crippen LogP contribution < -0.4 is 5.69 Å². The van der Waals surface area contributed by atoms with E-state index in [0.717, 1.165) is 16.7 Å². The summed E-state index contributed by atoms with van der Waals surface area (Å²) in [5.74, 6) is 0.258. The van der Waals surface area contributed by atoms with E-state index in [2.05, 4.69) is 16.1 Å². The van der Waals surface area contributed by atoms with E-state index < -0.39 is 9.84 Å². The van der Waals surface area contributed by atoms with Gasteiger partial charge in [0.25, 0.3) is 0 Å². The van der Waals surface area contributed by atoms with Crippen molar-refractivity contribution in [2.45, 2.75) is 32.9 Å². The lowest BCUT2D eigenvalue weighted by molar-refractivity contribution is 0.515. The average molecular weight is 372 g/mol. The highest BCUT2D eigenvalue weighted by Crippen LogP contribution is 2.26. The first-order valence-corrected chi connectivity index (χ1v) is 10.4. The third-order valence-corrected chi connectivity index (χ3v) is 6.77. The molecule has 4 rings (SSSR count). The maximum absolute atomic E-state index is 12.4. The highest BCUT2D eigenvalue weighted by atomic mass is 32.2. The zero-order chi connectivity index (χ0) is 18.5. The van der Waals surface area contributed by atoms with Crippen molar-refractivity contribution >= 4 is 20.9 Å². The molecule has 8 heteroatoms. The van der Waals surface area contributed by atoms with Gasteiger partial charge in [0.2, 0.25) is 0 Å². The molecule has 0 radical (unpaired) electrons. The number of benzene rings is 1. The highest BCUT2D eigenvalue weighted by molar-refractivity contribution is 7.91. The quantitative estimate of drug-likeness (QED) is 0.697. The van der Waals surface area contributed by atoms with Gasteiger partial charge in [-0.25, -0.2) is 13.2 Å². The van der Waals surface area contributed by atoms with E-state index in [1.807, 2.05) is 26.0 Å². The molecular formula is C18H20N4O3S. The second-order valence-electron chi connectivity index (χ2n) is 6.97. The second kappa shape index (κ2) is 6.05. The fourth-order valence-corrected chi connectivity index (χ4v) is 5.23. The van der Waals surface area contributed by atoms with Crippen molar-refractivity contribution in [3.05, 3.63) is 57.8 Å². The molecule has 0 amide bonds. The molecule has 0 aliphatic carbocycles. The Morgan fingerprint density at radius 1 is 1.19 bits per heavy atom. The Hall–Kier alpha value is -2.48. The lowest BCUT2D eigenvalue weighted by Gasteiger charge is -2.12. The minimum absolute atomic E-state index is 0.0832. The zero-order valence-electron chi connectivity index (χ0n) is 14.7. The predicted octanol–water partition coefficient (Wildman–Crippen LogP) is 1.62. The standard InChI is InChI=1S/C18H20N4O3S/c1-12-3-4-13(2)14(7-12)10-21-16-9-20-22(17(16)8-19-18(21)23)15-5-6-26(24,25)11-15/h3-4,7-9,15H,5-6,10-11H2,1-2H3. The molecule has 1 aliphatic heterocycles. The summed E-state index contributed by atoms with van der Waals surface area (Å²) in [4.78, 5) is 16.4. The van der Waals surface area contributed by atoms with Crippen LogP contribution in [0.15, 0.2) is 35.4 Å². The maximum Gasteiger partial charge on any atom is 0.348 e. The van der Waals surface area contributed by atoms with Gasteiger partial charge in [-0.1, -0.05) is 23.8 Å². The van der Waals surface area contributed by atoms with Crippen molar-refractivity contribution in [2.75, 3.05) is 11.5 Å². The van der Waals surface area contributed by atoms with Crippen LogP contribution >= 0.6 is 0 Å². The Bertz CT molecular complexity index is 1160. The van der Waals surface area contributed by atoms with Crippen LogP contribution in [0.1, 0.15) is 29.2 Å². The Labute approximate surface area is 151 Å². The van der Waals surface area contributed by atoms with Gasteiger partial charge in [-0.15, -0.1) is 0 Å². The first kappa shape index (κ1) is 17.0. The van der Waals surface area contributed by atoms with Crippen molar-refractivity contribution in [1.29, 1.82) is 0 Å². The van der Waals surface area contributed by atoms with Crippen LogP contribution in [-0.2, 0) is 16.4 Å². The lowest BCUT2D eigenvalue weighted by atomic mass is 10.1. The Balaban J connectivity index is 1.80. The van der Waals surface area contributed by atoms with Crippen molar-refractivity contribution in [3.8, 4) is 0 Å². The van der Waals surface area contributed by atoms with E-state index >= 15 is 0 Å². The molecule has 0 saturated carbocycles. The summed E-state index contributed by atoms with van der Waals surface area (Å²) in [5.41, 5.74) is 4.32. The molecule has 136 valence electrons. The van der Waals surface area contributed by atoms with Gasteiger partial charge in [-0.3, -0.25) is 9.25 Å². The molecule has 1 saturated heterocycles. The van der Waals surface area contributed by atoms with Gasteiger partial charge in [0, 0.05) is 0 Å². The lowest BCUT2D eigenvalue weighted by Crippen LogP contribution is -2.24. The van der Waals surface area contributed by atoms with E-state index in [1.54, 1.807) is 15.4 Å². The SMILES string of the molecule is Cc1ccc(C)c(Cn2c(=O)ncc3c2cnn3C2CCS(=O)(=O)C2)c1. The van der Waals surface area contributed by atoms with Crippen LogP contribution in [-0.4, -0.2) is 39.3 Å². The molecule has 3 heterocycles. The van der Waals surface area contributed by atoms with Gasteiger partial charge in [0.05, 0.1) is 42.0 Å². The van der Waals surface area contributed by atoms with E-state index in [1.165, 1.54) is 6.20 Å². The van der Waals surface area contributed by atoms with E-state index in [0.29, 0.717) is 24.0 Å². The van der Waals surface area contributed by atoms with E-state index in [9.17, 15) is 13.2 Å². The van der Waals surface area contributed by atoms with Crippen molar-refractivity contribution in [3.63, 3.8) is 0 Å². The molecule has 1 aromatic carbocycles. The Morgan fingerprint density at radius 3 is 2.73 bits per heavy atom. The van der Waals surface area contributed by atoms with E-state index in [4.69, 9.17) is 0 Å². The normalized spacial score (nSPS) is 19.2. The number of hydrogen-bond donors (Lipinski definition) is 0. The molecule has 1 atom stereocenters.